The van der Waals surface area contributed by atoms with Crippen molar-refractivity contribution >= 4 is 5.91 Å². The van der Waals surface area contributed by atoms with Crippen LogP contribution in [-0.2, 0) is 11.3 Å². The predicted molar refractivity (Wildman–Crippen MR) is 82.7 cm³/mol. The van der Waals surface area contributed by atoms with E-state index in [-0.39, 0.29) is 24.1 Å². The smallest absolute Gasteiger partial charge is 0.267 e. The molecule has 0 bridgehead atoms. The summed E-state index contributed by atoms with van der Waals surface area (Å²) < 4.78 is 11.8. The van der Waals surface area contributed by atoms with E-state index < -0.39 is 0 Å². The minimum atomic E-state index is -0.300. The molecule has 1 amide bonds. The Bertz CT molecular complexity index is 761. The molecule has 0 unspecified atom stereocenters. The van der Waals surface area contributed by atoms with Crippen LogP contribution in [0.4, 0.5) is 0 Å². The molecule has 0 saturated carbocycles. The van der Waals surface area contributed by atoms with Crippen molar-refractivity contribution in [2.24, 2.45) is 0 Å². The third kappa shape index (κ3) is 3.67. The van der Waals surface area contributed by atoms with Crippen LogP contribution in [0, 0.1) is 0 Å². The van der Waals surface area contributed by atoms with Gasteiger partial charge in [0.15, 0.2) is 0 Å². The normalized spacial score (nSPS) is 16.9. The SMILES string of the molecule is COc1ccc(O[C@@H]2CCN(C(=O)Cn3ncccc3=O)C2)nn1. The Morgan fingerprint density at radius 1 is 1.29 bits per heavy atom. The highest BCUT2D eigenvalue weighted by Gasteiger charge is 2.28. The van der Waals surface area contributed by atoms with Crippen LogP contribution in [-0.4, -0.2) is 57.1 Å². The van der Waals surface area contributed by atoms with Gasteiger partial charge in [0.05, 0.1) is 13.7 Å². The van der Waals surface area contributed by atoms with Gasteiger partial charge in [0.1, 0.15) is 12.6 Å². The first-order valence-corrected chi connectivity index (χ1v) is 7.50. The van der Waals surface area contributed by atoms with E-state index in [2.05, 4.69) is 15.3 Å². The maximum absolute atomic E-state index is 12.3. The van der Waals surface area contributed by atoms with E-state index in [0.29, 0.717) is 31.3 Å². The number of carbonyl (C=O) groups excluding carboxylic acids is 1. The number of hydrogen-bond donors (Lipinski definition) is 0. The van der Waals surface area contributed by atoms with Gasteiger partial charge in [-0.3, -0.25) is 9.59 Å². The number of amides is 1. The number of hydrogen-bond acceptors (Lipinski definition) is 7. The molecule has 2 aromatic heterocycles. The molecule has 0 radical (unpaired) electrons. The molecule has 1 aliphatic rings. The Hall–Kier alpha value is -2.97. The van der Waals surface area contributed by atoms with E-state index in [1.807, 2.05) is 0 Å². The molecule has 0 aromatic carbocycles. The van der Waals surface area contributed by atoms with Crippen LogP contribution in [0.5, 0.6) is 11.8 Å². The maximum atomic E-state index is 12.3. The van der Waals surface area contributed by atoms with Crippen molar-refractivity contribution in [3.8, 4) is 11.8 Å². The van der Waals surface area contributed by atoms with Gasteiger partial charge in [-0.05, 0) is 6.07 Å². The van der Waals surface area contributed by atoms with Gasteiger partial charge in [0.25, 0.3) is 5.56 Å². The summed E-state index contributed by atoms with van der Waals surface area (Å²) in [5, 5.41) is 11.6. The van der Waals surface area contributed by atoms with E-state index in [1.165, 1.54) is 19.4 Å². The monoisotopic (exact) mass is 331 g/mol. The van der Waals surface area contributed by atoms with Crippen molar-refractivity contribution < 1.29 is 14.3 Å². The molecule has 1 saturated heterocycles. The molecule has 1 atom stereocenters. The van der Waals surface area contributed by atoms with E-state index >= 15 is 0 Å². The van der Waals surface area contributed by atoms with Crippen LogP contribution in [0.2, 0.25) is 0 Å². The third-order valence-electron chi connectivity index (χ3n) is 3.68. The van der Waals surface area contributed by atoms with Gasteiger partial charge in [-0.1, -0.05) is 0 Å². The largest absolute Gasteiger partial charge is 0.480 e. The van der Waals surface area contributed by atoms with Crippen LogP contribution in [0.1, 0.15) is 6.42 Å². The van der Waals surface area contributed by atoms with Crippen molar-refractivity contribution in [1.82, 2.24) is 24.9 Å². The Morgan fingerprint density at radius 2 is 2.08 bits per heavy atom. The first kappa shape index (κ1) is 15.9. The molecular formula is C15H17N5O4. The van der Waals surface area contributed by atoms with Crippen LogP contribution >= 0.6 is 0 Å². The third-order valence-corrected chi connectivity index (χ3v) is 3.68. The van der Waals surface area contributed by atoms with Crippen LogP contribution < -0.4 is 15.0 Å². The van der Waals surface area contributed by atoms with E-state index in [9.17, 15) is 9.59 Å². The summed E-state index contributed by atoms with van der Waals surface area (Å²) in [7, 11) is 1.51. The topological polar surface area (TPSA) is 99.4 Å². The first-order chi connectivity index (χ1) is 11.7. The van der Waals surface area contributed by atoms with Gasteiger partial charge in [-0.15, -0.1) is 10.2 Å². The Kier molecular flexibility index (Phi) is 4.69. The van der Waals surface area contributed by atoms with Gasteiger partial charge in [0.2, 0.25) is 17.7 Å². The van der Waals surface area contributed by atoms with Crippen LogP contribution in [0.25, 0.3) is 0 Å². The summed E-state index contributed by atoms with van der Waals surface area (Å²) in [6.07, 6.45) is 2.01. The van der Waals surface area contributed by atoms with Gasteiger partial charge in [-0.25, -0.2) is 4.68 Å². The summed E-state index contributed by atoms with van der Waals surface area (Å²) in [5.74, 6) is 0.630. The zero-order chi connectivity index (χ0) is 16.9. The number of aromatic nitrogens is 4. The molecule has 126 valence electrons. The van der Waals surface area contributed by atoms with Crippen molar-refractivity contribution in [2.45, 2.75) is 19.1 Å². The molecule has 9 heteroatoms. The number of methoxy groups -OCH3 is 1. The van der Waals surface area contributed by atoms with E-state index in [1.54, 1.807) is 23.1 Å². The second-order valence-electron chi connectivity index (χ2n) is 5.30. The molecule has 0 spiro atoms. The lowest BCUT2D eigenvalue weighted by atomic mass is 10.3. The van der Waals surface area contributed by atoms with Crippen molar-refractivity contribution in [3.63, 3.8) is 0 Å². The average Bonchev–Trinajstić information content (AvgIpc) is 3.06. The molecule has 2 aromatic rings. The summed E-state index contributed by atoms with van der Waals surface area (Å²) in [5.41, 5.74) is -0.300. The second kappa shape index (κ2) is 7.07. The fourth-order valence-corrected chi connectivity index (χ4v) is 2.44. The lowest BCUT2D eigenvalue weighted by Gasteiger charge is -2.17. The highest BCUT2D eigenvalue weighted by molar-refractivity contribution is 5.76. The highest BCUT2D eigenvalue weighted by atomic mass is 16.5. The Labute approximate surface area is 137 Å². The molecule has 1 aliphatic heterocycles. The minimum absolute atomic E-state index is 0.0747. The predicted octanol–water partition coefficient (Wildman–Crippen LogP) is -0.278. The maximum Gasteiger partial charge on any atom is 0.267 e. The van der Waals surface area contributed by atoms with E-state index in [4.69, 9.17) is 9.47 Å². The van der Waals surface area contributed by atoms with Gasteiger partial charge < -0.3 is 14.4 Å². The summed E-state index contributed by atoms with van der Waals surface area (Å²) in [6.45, 7) is 0.928. The molecule has 9 nitrogen and oxygen atoms in total. The summed E-state index contributed by atoms with van der Waals surface area (Å²) in [6, 6.07) is 6.24. The Morgan fingerprint density at radius 3 is 2.79 bits per heavy atom. The second-order valence-corrected chi connectivity index (χ2v) is 5.30. The van der Waals surface area contributed by atoms with Crippen LogP contribution in [0.15, 0.2) is 35.3 Å². The fourth-order valence-electron chi connectivity index (χ4n) is 2.44. The number of carbonyl (C=O) groups is 1. The molecule has 3 heterocycles. The van der Waals surface area contributed by atoms with Gasteiger partial charge in [-0.2, -0.15) is 5.10 Å². The average molecular weight is 331 g/mol. The number of rotatable bonds is 5. The summed E-state index contributed by atoms with van der Waals surface area (Å²) >= 11 is 0. The highest BCUT2D eigenvalue weighted by Crippen LogP contribution is 2.17. The van der Waals surface area contributed by atoms with E-state index in [0.717, 1.165) is 4.68 Å². The fraction of sp³-hybridized carbons (Fsp3) is 0.400. The van der Waals surface area contributed by atoms with Crippen molar-refractivity contribution in [1.29, 1.82) is 0 Å². The summed E-state index contributed by atoms with van der Waals surface area (Å²) in [4.78, 5) is 25.5. The van der Waals surface area contributed by atoms with Crippen molar-refractivity contribution in [2.75, 3.05) is 20.2 Å². The molecular weight excluding hydrogens is 314 g/mol. The lowest BCUT2D eigenvalue weighted by Crippen LogP contribution is -2.36. The number of likely N-dealkylation sites (tertiary alicyclic amines) is 1. The molecule has 3 rings (SSSR count). The first-order valence-electron chi connectivity index (χ1n) is 7.50. The lowest BCUT2D eigenvalue weighted by molar-refractivity contribution is -0.131. The van der Waals surface area contributed by atoms with Gasteiger partial charge in [0, 0.05) is 37.4 Å². The quantitative estimate of drug-likeness (QED) is 0.743. The van der Waals surface area contributed by atoms with Gasteiger partial charge >= 0.3 is 0 Å². The molecule has 24 heavy (non-hydrogen) atoms. The van der Waals surface area contributed by atoms with Crippen LogP contribution in [0.3, 0.4) is 0 Å². The molecule has 0 aliphatic carbocycles. The zero-order valence-corrected chi connectivity index (χ0v) is 13.2. The zero-order valence-electron chi connectivity index (χ0n) is 13.2. The van der Waals surface area contributed by atoms with Crippen molar-refractivity contribution in [3.05, 3.63) is 40.8 Å². The number of ether oxygens (including phenoxy) is 2. The standard InChI is InChI=1S/C15H17N5O4/c1-23-12-4-5-13(18-17-12)24-11-6-8-19(9-11)15(22)10-20-14(21)3-2-7-16-20/h2-5,7,11H,6,8-10H2,1H3/t11-/m1/s1. The number of nitrogens with zero attached hydrogens (tertiary/aromatic N) is 5. The molecule has 0 N–H and O–H groups in total. The minimum Gasteiger partial charge on any atom is -0.480 e. The molecule has 1 fully saturated rings. The Balaban J connectivity index is 1.55.